The van der Waals surface area contributed by atoms with E-state index < -0.39 is 0 Å². The molecule has 0 saturated heterocycles. The summed E-state index contributed by atoms with van der Waals surface area (Å²) < 4.78 is 11.1. The van der Waals surface area contributed by atoms with Crippen LogP contribution in [0.3, 0.4) is 0 Å². The minimum absolute atomic E-state index is 0.593. The fourth-order valence-electron chi connectivity index (χ4n) is 2.80. The van der Waals surface area contributed by atoms with Gasteiger partial charge < -0.3 is 9.15 Å². The molecule has 122 valence electrons. The largest absolute Gasteiger partial charge is 0.497 e. The van der Waals surface area contributed by atoms with Crippen LogP contribution in [0.2, 0.25) is 0 Å². The number of hydrogen-bond donors (Lipinski definition) is 0. The van der Waals surface area contributed by atoms with Gasteiger partial charge in [-0.15, -0.1) is 0 Å². The molecule has 0 spiro atoms. The van der Waals surface area contributed by atoms with Crippen LogP contribution in [0.25, 0.3) is 22.7 Å². The van der Waals surface area contributed by atoms with Crippen molar-refractivity contribution in [2.24, 2.45) is 0 Å². The van der Waals surface area contributed by atoms with Gasteiger partial charge in [0.2, 0.25) is 5.89 Å². The third-order valence-corrected chi connectivity index (χ3v) is 4.06. The molecule has 0 fully saturated rings. The Hall–Kier alpha value is -3.33. The molecular weight excluding hydrogens is 310 g/mol. The van der Waals surface area contributed by atoms with Gasteiger partial charge in [-0.25, -0.2) is 4.98 Å². The second kappa shape index (κ2) is 6.65. The Balaban J connectivity index is 1.84. The molecule has 0 aliphatic heterocycles. The van der Waals surface area contributed by atoms with Crippen LogP contribution in [0.5, 0.6) is 5.75 Å². The first-order valence-electron chi connectivity index (χ1n) is 8.10. The van der Waals surface area contributed by atoms with E-state index >= 15 is 0 Å². The highest BCUT2D eigenvalue weighted by molar-refractivity contribution is 5.91. The van der Waals surface area contributed by atoms with E-state index in [2.05, 4.69) is 17.1 Å². The molecule has 0 aliphatic carbocycles. The van der Waals surface area contributed by atoms with Crippen LogP contribution in [0.15, 0.2) is 83.3 Å². The summed E-state index contributed by atoms with van der Waals surface area (Å²) in [6, 6.07) is 26.0. The lowest BCUT2D eigenvalue weighted by Crippen LogP contribution is -1.89. The SMILES string of the molecule is COc1ccc(/C(=C/c2nc3ccccc3o2)c2ccccc2)cc1. The second-order valence-corrected chi connectivity index (χ2v) is 5.67. The van der Waals surface area contributed by atoms with Crippen LogP contribution in [-0.2, 0) is 0 Å². The van der Waals surface area contributed by atoms with Gasteiger partial charge in [-0.3, -0.25) is 0 Å². The van der Waals surface area contributed by atoms with E-state index in [9.17, 15) is 0 Å². The highest BCUT2D eigenvalue weighted by atomic mass is 16.5. The Labute approximate surface area is 146 Å². The molecular formula is C22H17NO2. The third kappa shape index (κ3) is 3.17. The number of ether oxygens (including phenoxy) is 1. The topological polar surface area (TPSA) is 35.3 Å². The van der Waals surface area contributed by atoms with Crippen LogP contribution >= 0.6 is 0 Å². The van der Waals surface area contributed by atoms with E-state index in [1.807, 2.05) is 72.8 Å². The van der Waals surface area contributed by atoms with E-state index in [4.69, 9.17) is 9.15 Å². The monoisotopic (exact) mass is 327 g/mol. The number of hydrogen-bond acceptors (Lipinski definition) is 3. The summed E-state index contributed by atoms with van der Waals surface area (Å²) >= 11 is 0. The zero-order valence-corrected chi connectivity index (χ0v) is 13.8. The van der Waals surface area contributed by atoms with E-state index in [1.54, 1.807) is 7.11 Å². The number of aromatic nitrogens is 1. The number of methoxy groups -OCH3 is 1. The average molecular weight is 327 g/mol. The molecule has 0 saturated carbocycles. The first-order valence-corrected chi connectivity index (χ1v) is 8.10. The van der Waals surface area contributed by atoms with Crippen LogP contribution in [0, 0.1) is 0 Å². The molecule has 4 rings (SSSR count). The van der Waals surface area contributed by atoms with E-state index in [0.29, 0.717) is 5.89 Å². The van der Waals surface area contributed by atoms with Crippen LogP contribution < -0.4 is 4.74 Å². The molecule has 3 heteroatoms. The van der Waals surface area contributed by atoms with E-state index in [1.165, 1.54) is 0 Å². The molecule has 0 radical (unpaired) electrons. The quantitative estimate of drug-likeness (QED) is 0.501. The van der Waals surface area contributed by atoms with Crippen molar-refractivity contribution in [2.75, 3.05) is 7.11 Å². The summed E-state index contributed by atoms with van der Waals surface area (Å²) in [5.74, 6) is 1.42. The summed E-state index contributed by atoms with van der Waals surface area (Å²) in [5.41, 5.74) is 4.88. The number of rotatable bonds is 4. The van der Waals surface area contributed by atoms with Gasteiger partial charge in [0.15, 0.2) is 5.58 Å². The van der Waals surface area contributed by atoms with Crippen molar-refractivity contribution in [1.82, 2.24) is 4.98 Å². The molecule has 3 aromatic carbocycles. The maximum Gasteiger partial charge on any atom is 0.220 e. The molecule has 1 heterocycles. The van der Waals surface area contributed by atoms with Crippen molar-refractivity contribution >= 4 is 22.7 Å². The number of benzene rings is 3. The highest BCUT2D eigenvalue weighted by Gasteiger charge is 2.09. The lowest BCUT2D eigenvalue weighted by atomic mass is 9.97. The van der Waals surface area contributed by atoms with Crippen molar-refractivity contribution in [2.45, 2.75) is 0 Å². The Morgan fingerprint density at radius 1 is 0.840 bits per heavy atom. The van der Waals surface area contributed by atoms with Crippen molar-refractivity contribution in [3.8, 4) is 5.75 Å². The Bertz CT molecular complexity index is 982. The van der Waals surface area contributed by atoms with E-state index in [0.717, 1.165) is 33.5 Å². The predicted octanol–water partition coefficient (Wildman–Crippen LogP) is 5.43. The number of oxazole rings is 1. The average Bonchev–Trinajstić information content (AvgIpc) is 3.09. The normalized spacial score (nSPS) is 11.6. The van der Waals surface area contributed by atoms with Gasteiger partial charge in [-0.2, -0.15) is 0 Å². The van der Waals surface area contributed by atoms with Crippen molar-refractivity contribution < 1.29 is 9.15 Å². The summed E-state index contributed by atoms with van der Waals surface area (Å²) in [4.78, 5) is 4.57. The molecule has 0 bridgehead atoms. The zero-order chi connectivity index (χ0) is 17.1. The van der Waals surface area contributed by atoms with Crippen LogP contribution in [-0.4, -0.2) is 12.1 Å². The zero-order valence-electron chi connectivity index (χ0n) is 13.8. The molecule has 0 aliphatic rings. The minimum atomic E-state index is 0.593. The molecule has 25 heavy (non-hydrogen) atoms. The Morgan fingerprint density at radius 2 is 1.52 bits per heavy atom. The van der Waals surface area contributed by atoms with Crippen molar-refractivity contribution in [3.63, 3.8) is 0 Å². The first kappa shape index (κ1) is 15.2. The summed E-state index contributed by atoms with van der Waals surface area (Å²) in [5, 5.41) is 0. The molecule has 0 atom stereocenters. The standard InChI is InChI=1S/C22H17NO2/c1-24-18-13-11-17(12-14-18)19(16-7-3-2-4-8-16)15-22-23-20-9-5-6-10-21(20)25-22/h2-15H,1H3/b19-15+. The van der Waals surface area contributed by atoms with Gasteiger partial charge in [0.25, 0.3) is 0 Å². The van der Waals surface area contributed by atoms with Crippen LogP contribution in [0.1, 0.15) is 17.0 Å². The number of nitrogens with zero attached hydrogens (tertiary/aromatic N) is 1. The highest BCUT2D eigenvalue weighted by Crippen LogP contribution is 2.28. The molecule has 0 amide bonds. The van der Waals surface area contributed by atoms with Crippen molar-refractivity contribution in [3.05, 3.63) is 95.9 Å². The molecule has 3 nitrogen and oxygen atoms in total. The lowest BCUT2D eigenvalue weighted by molar-refractivity contribution is 0.415. The van der Waals surface area contributed by atoms with Gasteiger partial charge >= 0.3 is 0 Å². The molecule has 1 aromatic heterocycles. The molecule has 0 unspecified atom stereocenters. The van der Waals surface area contributed by atoms with Gasteiger partial charge in [0.05, 0.1) is 7.11 Å². The van der Waals surface area contributed by atoms with Gasteiger partial charge in [-0.05, 0) is 41.0 Å². The maximum atomic E-state index is 5.87. The summed E-state index contributed by atoms with van der Waals surface area (Å²) in [7, 11) is 1.67. The third-order valence-electron chi connectivity index (χ3n) is 4.06. The summed E-state index contributed by atoms with van der Waals surface area (Å²) in [6.07, 6.45) is 1.98. The van der Waals surface area contributed by atoms with Crippen molar-refractivity contribution in [1.29, 1.82) is 0 Å². The van der Waals surface area contributed by atoms with Gasteiger partial charge in [-0.1, -0.05) is 54.6 Å². The molecule has 4 aromatic rings. The lowest BCUT2D eigenvalue weighted by Gasteiger charge is -2.09. The fraction of sp³-hybridized carbons (Fsp3) is 0.0455. The van der Waals surface area contributed by atoms with Gasteiger partial charge in [0.1, 0.15) is 11.3 Å². The van der Waals surface area contributed by atoms with Crippen LogP contribution in [0.4, 0.5) is 0 Å². The number of para-hydroxylation sites is 2. The van der Waals surface area contributed by atoms with Gasteiger partial charge in [0, 0.05) is 6.08 Å². The van der Waals surface area contributed by atoms with E-state index in [-0.39, 0.29) is 0 Å². The summed E-state index contributed by atoms with van der Waals surface area (Å²) in [6.45, 7) is 0. The number of fused-ring (bicyclic) bond motifs is 1. The maximum absolute atomic E-state index is 5.87. The first-order chi connectivity index (χ1) is 12.3. The minimum Gasteiger partial charge on any atom is -0.497 e. The Kier molecular flexibility index (Phi) is 4.05. The fourth-order valence-corrected chi connectivity index (χ4v) is 2.80. The smallest absolute Gasteiger partial charge is 0.220 e. The Morgan fingerprint density at radius 3 is 2.24 bits per heavy atom. The predicted molar refractivity (Wildman–Crippen MR) is 100 cm³/mol. The molecule has 0 N–H and O–H groups in total. The second-order valence-electron chi connectivity index (χ2n) is 5.67.